The summed E-state index contributed by atoms with van der Waals surface area (Å²) in [4.78, 5) is 20.6. The third-order valence-electron chi connectivity index (χ3n) is 4.65. The first-order chi connectivity index (χ1) is 13.7. The fourth-order valence-corrected chi connectivity index (χ4v) is 3.06. The summed E-state index contributed by atoms with van der Waals surface area (Å²) < 4.78 is 11.3. The lowest BCUT2D eigenvalue weighted by molar-refractivity contribution is 0.166. The fourth-order valence-electron chi connectivity index (χ4n) is 3.06. The van der Waals surface area contributed by atoms with E-state index in [2.05, 4.69) is 20.6 Å². The Morgan fingerprint density at radius 2 is 2.25 bits per heavy atom. The van der Waals surface area contributed by atoms with Crippen LogP contribution in [-0.2, 0) is 17.7 Å². The van der Waals surface area contributed by atoms with Crippen molar-refractivity contribution in [2.45, 2.75) is 32.7 Å². The van der Waals surface area contributed by atoms with Gasteiger partial charge < -0.3 is 20.1 Å². The summed E-state index contributed by atoms with van der Waals surface area (Å²) in [5.74, 6) is 1.13. The fraction of sp³-hybridized carbons (Fsp3) is 0.476. The van der Waals surface area contributed by atoms with Crippen molar-refractivity contribution in [3.8, 4) is 5.75 Å². The van der Waals surface area contributed by atoms with Crippen LogP contribution in [0.3, 0.4) is 0 Å². The Hall–Kier alpha value is -2.67. The number of urea groups is 1. The first kappa shape index (κ1) is 20.1. The highest BCUT2D eigenvalue weighted by molar-refractivity contribution is 5.73. The molecule has 28 heavy (non-hydrogen) atoms. The molecule has 1 aliphatic rings. The van der Waals surface area contributed by atoms with Crippen molar-refractivity contribution in [3.63, 3.8) is 0 Å². The largest absolute Gasteiger partial charge is 0.491 e. The summed E-state index contributed by atoms with van der Waals surface area (Å²) in [7, 11) is 0. The minimum atomic E-state index is -0.191. The summed E-state index contributed by atoms with van der Waals surface area (Å²) in [6.45, 7) is 5.13. The predicted octanol–water partition coefficient (Wildman–Crippen LogP) is 2.63. The normalized spacial score (nSPS) is 16.0. The van der Waals surface area contributed by atoms with Crippen LogP contribution in [-0.4, -0.2) is 42.4 Å². The van der Waals surface area contributed by atoms with Crippen LogP contribution in [0.5, 0.6) is 5.75 Å². The van der Waals surface area contributed by atoms with Crippen LogP contribution < -0.4 is 15.4 Å². The zero-order chi connectivity index (χ0) is 19.6. The third kappa shape index (κ3) is 6.49. The Bertz CT molecular complexity index is 763. The number of amides is 2. The molecule has 0 bridgehead atoms. The molecule has 1 aliphatic heterocycles. The second kappa shape index (κ2) is 10.6. The molecule has 1 fully saturated rings. The van der Waals surface area contributed by atoms with Crippen molar-refractivity contribution < 1.29 is 14.3 Å². The molecule has 2 amide bonds. The quantitative estimate of drug-likeness (QED) is 0.649. The Balaban J connectivity index is 1.37. The van der Waals surface area contributed by atoms with E-state index in [0.717, 1.165) is 49.4 Å². The topological polar surface area (TPSA) is 85.4 Å². The standard InChI is InChI=1S/C21H28N4O3/c1-16-4-2-5-19(25-16)6-3-9-23-21(26)24-12-18-7-10-22-13-20(18)28-15-17-8-11-27-14-17/h2,4-5,7,10,13,17H,3,6,8-9,11-12,14-15H2,1H3,(H2,23,24,26). The van der Waals surface area contributed by atoms with Gasteiger partial charge in [0.05, 0.1) is 19.4 Å². The number of carbonyl (C=O) groups excluding carboxylic acids is 1. The maximum Gasteiger partial charge on any atom is 0.315 e. The van der Waals surface area contributed by atoms with Gasteiger partial charge in [0.15, 0.2) is 0 Å². The lowest BCUT2D eigenvalue weighted by Crippen LogP contribution is -2.35. The van der Waals surface area contributed by atoms with Crippen LogP contribution in [0.15, 0.2) is 36.7 Å². The minimum absolute atomic E-state index is 0.191. The van der Waals surface area contributed by atoms with Crippen molar-refractivity contribution >= 4 is 6.03 Å². The van der Waals surface area contributed by atoms with Crippen LogP contribution in [0.25, 0.3) is 0 Å². The van der Waals surface area contributed by atoms with Gasteiger partial charge in [-0.1, -0.05) is 6.07 Å². The van der Waals surface area contributed by atoms with Gasteiger partial charge in [0.25, 0.3) is 0 Å². The summed E-state index contributed by atoms with van der Waals surface area (Å²) in [5, 5.41) is 5.76. The molecule has 0 aliphatic carbocycles. The highest BCUT2D eigenvalue weighted by Crippen LogP contribution is 2.19. The van der Waals surface area contributed by atoms with E-state index in [9.17, 15) is 4.79 Å². The molecular formula is C21H28N4O3. The molecule has 0 aromatic carbocycles. The zero-order valence-corrected chi connectivity index (χ0v) is 16.3. The maximum absolute atomic E-state index is 12.0. The Morgan fingerprint density at radius 1 is 1.32 bits per heavy atom. The average molecular weight is 384 g/mol. The molecule has 1 atom stereocenters. The van der Waals surface area contributed by atoms with Gasteiger partial charge in [0.2, 0.25) is 0 Å². The summed E-state index contributed by atoms with van der Waals surface area (Å²) >= 11 is 0. The van der Waals surface area contributed by atoms with Gasteiger partial charge in [0.1, 0.15) is 5.75 Å². The van der Waals surface area contributed by atoms with Crippen LogP contribution in [0.4, 0.5) is 4.79 Å². The van der Waals surface area contributed by atoms with Crippen molar-refractivity contribution in [1.29, 1.82) is 0 Å². The van der Waals surface area contributed by atoms with Gasteiger partial charge in [-0.05, 0) is 44.4 Å². The Kier molecular flexibility index (Phi) is 7.61. The van der Waals surface area contributed by atoms with Crippen molar-refractivity contribution in [3.05, 3.63) is 53.6 Å². The number of nitrogens with zero attached hydrogens (tertiary/aromatic N) is 2. The number of ether oxygens (including phenoxy) is 2. The number of nitrogens with one attached hydrogen (secondary N) is 2. The molecule has 0 radical (unpaired) electrons. The second-order valence-electron chi connectivity index (χ2n) is 7.01. The van der Waals surface area contributed by atoms with Crippen LogP contribution in [0.2, 0.25) is 0 Å². The lowest BCUT2D eigenvalue weighted by atomic mass is 10.1. The van der Waals surface area contributed by atoms with E-state index >= 15 is 0 Å². The first-order valence-electron chi connectivity index (χ1n) is 9.78. The summed E-state index contributed by atoms with van der Waals surface area (Å²) in [5.41, 5.74) is 2.97. The molecule has 2 aromatic heterocycles. The van der Waals surface area contributed by atoms with Gasteiger partial charge in [-0.25, -0.2) is 4.79 Å². The van der Waals surface area contributed by atoms with E-state index < -0.39 is 0 Å². The molecule has 0 saturated carbocycles. The van der Waals surface area contributed by atoms with Gasteiger partial charge in [0, 0.05) is 48.8 Å². The van der Waals surface area contributed by atoms with Gasteiger partial charge >= 0.3 is 6.03 Å². The highest BCUT2D eigenvalue weighted by Gasteiger charge is 2.17. The number of aryl methyl sites for hydroxylation is 2. The number of hydrogen-bond donors (Lipinski definition) is 2. The molecule has 1 saturated heterocycles. The SMILES string of the molecule is Cc1cccc(CCCNC(=O)NCc2ccncc2OCC2CCOC2)n1. The van der Waals surface area contributed by atoms with Crippen molar-refractivity contribution in [1.82, 2.24) is 20.6 Å². The van der Waals surface area contributed by atoms with Crippen LogP contribution in [0.1, 0.15) is 29.8 Å². The molecule has 3 rings (SSSR count). The monoisotopic (exact) mass is 384 g/mol. The number of aromatic nitrogens is 2. The molecule has 2 aromatic rings. The van der Waals surface area contributed by atoms with Crippen molar-refractivity contribution in [2.75, 3.05) is 26.4 Å². The Morgan fingerprint density at radius 3 is 3.07 bits per heavy atom. The molecule has 0 spiro atoms. The summed E-state index contributed by atoms with van der Waals surface area (Å²) in [6, 6.07) is 7.67. The molecule has 7 heteroatoms. The smallest absolute Gasteiger partial charge is 0.315 e. The van der Waals surface area contributed by atoms with Crippen molar-refractivity contribution in [2.24, 2.45) is 5.92 Å². The zero-order valence-electron chi connectivity index (χ0n) is 16.3. The third-order valence-corrected chi connectivity index (χ3v) is 4.65. The van der Waals surface area contributed by atoms with Gasteiger partial charge in [-0.2, -0.15) is 0 Å². The van der Waals surface area contributed by atoms with E-state index in [1.807, 2.05) is 31.2 Å². The highest BCUT2D eigenvalue weighted by atomic mass is 16.5. The minimum Gasteiger partial charge on any atom is -0.491 e. The molecule has 150 valence electrons. The maximum atomic E-state index is 12.0. The number of hydrogen-bond acceptors (Lipinski definition) is 5. The lowest BCUT2D eigenvalue weighted by Gasteiger charge is -2.14. The second-order valence-corrected chi connectivity index (χ2v) is 7.01. The van der Waals surface area contributed by atoms with E-state index in [1.165, 1.54) is 0 Å². The van der Waals surface area contributed by atoms with E-state index in [4.69, 9.17) is 9.47 Å². The summed E-state index contributed by atoms with van der Waals surface area (Å²) in [6.07, 6.45) is 6.11. The van der Waals surface area contributed by atoms with Gasteiger partial charge in [-0.3, -0.25) is 9.97 Å². The van der Waals surface area contributed by atoms with Crippen LogP contribution >= 0.6 is 0 Å². The Labute approximate surface area is 165 Å². The number of carbonyl (C=O) groups is 1. The molecule has 7 nitrogen and oxygen atoms in total. The first-order valence-corrected chi connectivity index (χ1v) is 9.78. The number of rotatable bonds is 9. The molecular weight excluding hydrogens is 356 g/mol. The van der Waals surface area contributed by atoms with Crippen LogP contribution in [0, 0.1) is 12.8 Å². The van der Waals surface area contributed by atoms with E-state index in [-0.39, 0.29) is 6.03 Å². The van der Waals surface area contributed by atoms with E-state index in [1.54, 1.807) is 12.4 Å². The molecule has 2 N–H and O–H groups in total. The van der Waals surface area contributed by atoms with E-state index in [0.29, 0.717) is 31.4 Å². The predicted molar refractivity (Wildman–Crippen MR) is 106 cm³/mol. The molecule has 1 unspecified atom stereocenters. The molecule has 3 heterocycles. The van der Waals surface area contributed by atoms with Gasteiger partial charge in [-0.15, -0.1) is 0 Å². The number of pyridine rings is 2. The average Bonchev–Trinajstić information content (AvgIpc) is 3.22.